The average Bonchev–Trinajstić information content (AvgIpc) is 2.74. The Balaban J connectivity index is 1.66. The Hall–Kier alpha value is -2.77. The van der Waals surface area contributed by atoms with Gasteiger partial charge in [0.05, 0.1) is 31.0 Å². The zero-order chi connectivity index (χ0) is 20.8. The van der Waals surface area contributed by atoms with Gasteiger partial charge in [0.15, 0.2) is 18.1 Å². The average molecular weight is 419 g/mol. The van der Waals surface area contributed by atoms with Crippen LogP contribution < -0.4 is 14.8 Å². The second kappa shape index (κ2) is 9.62. The molecule has 0 unspecified atom stereocenters. The molecule has 0 saturated carbocycles. The number of carbonyl (C=O) groups excluding carboxylic acids is 2. The predicted octanol–water partition coefficient (Wildman–Crippen LogP) is 3.15. The van der Waals surface area contributed by atoms with Crippen molar-refractivity contribution < 1.29 is 23.8 Å². The molecule has 154 valence electrons. The first-order chi connectivity index (χ1) is 14.0. The lowest BCUT2D eigenvalue weighted by Crippen LogP contribution is -2.43. The molecule has 1 aliphatic rings. The monoisotopic (exact) mass is 418 g/mol. The highest BCUT2D eigenvalue weighted by Gasteiger charge is 2.19. The Morgan fingerprint density at radius 3 is 2.59 bits per heavy atom. The number of hydrogen-bond donors (Lipinski definition) is 1. The van der Waals surface area contributed by atoms with Crippen LogP contribution in [0.1, 0.15) is 15.9 Å². The number of amides is 2. The van der Waals surface area contributed by atoms with Crippen molar-refractivity contribution in [1.29, 1.82) is 0 Å². The number of nitrogens with zero attached hydrogens (tertiary/aromatic N) is 1. The molecule has 1 fully saturated rings. The molecule has 8 heteroatoms. The van der Waals surface area contributed by atoms with Gasteiger partial charge in [-0.2, -0.15) is 0 Å². The minimum Gasteiger partial charge on any atom is -0.493 e. The molecule has 1 saturated heterocycles. The van der Waals surface area contributed by atoms with E-state index < -0.39 is 0 Å². The summed E-state index contributed by atoms with van der Waals surface area (Å²) in [6, 6.07) is 10.2. The molecule has 2 amide bonds. The predicted molar refractivity (Wildman–Crippen MR) is 110 cm³/mol. The Morgan fingerprint density at radius 2 is 1.90 bits per heavy atom. The highest BCUT2D eigenvalue weighted by molar-refractivity contribution is 6.34. The summed E-state index contributed by atoms with van der Waals surface area (Å²) in [5.41, 5.74) is 1.91. The smallest absolute Gasteiger partial charge is 0.260 e. The maximum Gasteiger partial charge on any atom is 0.260 e. The SMILES string of the molecule is COc1cc(C(=O)Nc2ccc(C)cc2Cl)ccc1OCC(=O)N1CCOCC1. The Kier molecular flexibility index (Phi) is 6.95. The van der Waals surface area contributed by atoms with E-state index in [4.69, 9.17) is 25.8 Å². The van der Waals surface area contributed by atoms with Crippen LogP contribution in [0.5, 0.6) is 11.5 Å². The van der Waals surface area contributed by atoms with E-state index >= 15 is 0 Å². The van der Waals surface area contributed by atoms with Crippen molar-refractivity contribution in [2.24, 2.45) is 0 Å². The number of hydrogen-bond acceptors (Lipinski definition) is 5. The van der Waals surface area contributed by atoms with Gasteiger partial charge in [0.2, 0.25) is 0 Å². The number of aryl methyl sites for hydroxylation is 1. The van der Waals surface area contributed by atoms with Gasteiger partial charge >= 0.3 is 0 Å². The van der Waals surface area contributed by atoms with Gasteiger partial charge in [-0.05, 0) is 42.8 Å². The molecule has 1 N–H and O–H groups in total. The maximum absolute atomic E-state index is 12.6. The number of morpholine rings is 1. The highest BCUT2D eigenvalue weighted by Crippen LogP contribution is 2.29. The fourth-order valence-electron chi connectivity index (χ4n) is 2.89. The molecule has 2 aromatic rings. The number of ether oxygens (including phenoxy) is 3. The summed E-state index contributed by atoms with van der Waals surface area (Å²) in [5, 5.41) is 3.24. The standard InChI is InChI=1S/C21H23ClN2O5/c1-14-3-5-17(16(22)11-14)23-21(26)15-4-6-18(19(12-15)27-2)29-13-20(25)24-7-9-28-10-8-24/h3-6,11-12H,7-10,13H2,1-2H3,(H,23,26). The molecule has 1 heterocycles. The maximum atomic E-state index is 12.6. The van der Waals surface area contributed by atoms with Gasteiger partial charge in [-0.3, -0.25) is 9.59 Å². The number of halogens is 1. The van der Waals surface area contributed by atoms with E-state index in [1.54, 1.807) is 35.2 Å². The van der Waals surface area contributed by atoms with Crippen molar-refractivity contribution in [1.82, 2.24) is 4.90 Å². The van der Waals surface area contributed by atoms with Crippen LogP contribution in [-0.2, 0) is 9.53 Å². The molecule has 3 rings (SSSR count). The lowest BCUT2D eigenvalue weighted by atomic mass is 10.1. The third-order valence-corrected chi connectivity index (χ3v) is 4.83. The van der Waals surface area contributed by atoms with Crippen LogP contribution in [-0.4, -0.2) is 56.7 Å². The normalized spacial score (nSPS) is 13.7. The van der Waals surface area contributed by atoms with Crippen LogP contribution in [0.4, 0.5) is 5.69 Å². The van der Waals surface area contributed by atoms with E-state index in [-0.39, 0.29) is 18.4 Å². The van der Waals surface area contributed by atoms with E-state index in [1.807, 2.05) is 13.0 Å². The number of carbonyl (C=O) groups is 2. The molecular formula is C21H23ClN2O5. The van der Waals surface area contributed by atoms with E-state index in [2.05, 4.69) is 5.32 Å². The van der Waals surface area contributed by atoms with E-state index in [9.17, 15) is 9.59 Å². The lowest BCUT2D eigenvalue weighted by Gasteiger charge is -2.26. The van der Waals surface area contributed by atoms with E-state index in [0.29, 0.717) is 54.1 Å². The first-order valence-electron chi connectivity index (χ1n) is 9.22. The largest absolute Gasteiger partial charge is 0.493 e. The summed E-state index contributed by atoms with van der Waals surface area (Å²) < 4.78 is 16.2. The van der Waals surface area contributed by atoms with Crippen molar-refractivity contribution in [3.8, 4) is 11.5 Å². The molecule has 7 nitrogen and oxygen atoms in total. The van der Waals surface area contributed by atoms with Crippen LogP contribution in [0.25, 0.3) is 0 Å². The van der Waals surface area contributed by atoms with Gasteiger partial charge < -0.3 is 24.4 Å². The number of anilines is 1. The molecule has 0 aliphatic carbocycles. The first-order valence-corrected chi connectivity index (χ1v) is 9.59. The number of rotatable bonds is 6. The molecule has 0 radical (unpaired) electrons. The Labute approximate surface area is 174 Å². The second-order valence-electron chi connectivity index (χ2n) is 6.58. The minimum absolute atomic E-state index is 0.110. The number of benzene rings is 2. The van der Waals surface area contributed by atoms with Crippen molar-refractivity contribution >= 4 is 29.1 Å². The van der Waals surface area contributed by atoms with Gasteiger partial charge in [0.25, 0.3) is 11.8 Å². The molecule has 0 aromatic heterocycles. The lowest BCUT2D eigenvalue weighted by molar-refractivity contribution is -0.137. The van der Waals surface area contributed by atoms with Crippen LogP contribution in [0, 0.1) is 6.92 Å². The molecule has 2 aromatic carbocycles. The summed E-state index contributed by atoms with van der Waals surface area (Å²) in [6.07, 6.45) is 0. The molecule has 0 spiro atoms. The van der Waals surface area contributed by atoms with Gasteiger partial charge in [0.1, 0.15) is 0 Å². The quantitative estimate of drug-likeness (QED) is 0.779. The van der Waals surface area contributed by atoms with E-state index in [1.165, 1.54) is 7.11 Å². The fourth-order valence-corrected chi connectivity index (χ4v) is 3.17. The molecule has 29 heavy (non-hydrogen) atoms. The topological polar surface area (TPSA) is 77.1 Å². The summed E-state index contributed by atoms with van der Waals surface area (Å²) >= 11 is 6.18. The molecule has 0 bridgehead atoms. The number of methoxy groups -OCH3 is 1. The van der Waals surface area contributed by atoms with Gasteiger partial charge in [-0.1, -0.05) is 17.7 Å². The van der Waals surface area contributed by atoms with Gasteiger partial charge in [0, 0.05) is 18.7 Å². The third-order valence-electron chi connectivity index (χ3n) is 4.51. The van der Waals surface area contributed by atoms with Crippen LogP contribution in [0.15, 0.2) is 36.4 Å². The molecule has 1 aliphatic heterocycles. The van der Waals surface area contributed by atoms with Gasteiger partial charge in [-0.15, -0.1) is 0 Å². The zero-order valence-corrected chi connectivity index (χ0v) is 17.1. The second-order valence-corrected chi connectivity index (χ2v) is 6.99. The summed E-state index contributed by atoms with van der Waals surface area (Å²) in [7, 11) is 1.48. The number of nitrogens with one attached hydrogen (secondary N) is 1. The summed E-state index contributed by atoms with van der Waals surface area (Å²) in [5.74, 6) is 0.303. The van der Waals surface area contributed by atoms with Crippen LogP contribution >= 0.6 is 11.6 Å². The minimum atomic E-state index is -0.329. The van der Waals surface area contributed by atoms with Crippen LogP contribution in [0.2, 0.25) is 5.02 Å². The Morgan fingerprint density at radius 1 is 1.14 bits per heavy atom. The van der Waals surface area contributed by atoms with Crippen LogP contribution in [0.3, 0.4) is 0 Å². The molecule has 0 atom stereocenters. The summed E-state index contributed by atoms with van der Waals surface area (Å²) in [4.78, 5) is 26.5. The van der Waals surface area contributed by atoms with E-state index in [0.717, 1.165) is 5.56 Å². The molecular weight excluding hydrogens is 396 g/mol. The Bertz CT molecular complexity index is 897. The first kappa shape index (κ1) is 21.0. The summed E-state index contributed by atoms with van der Waals surface area (Å²) in [6.45, 7) is 3.99. The fraction of sp³-hybridized carbons (Fsp3) is 0.333. The zero-order valence-electron chi connectivity index (χ0n) is 16.4. The highest BCUT2D eigenvalue weighted by atomic mass is 35.5. The van der Waals surface area contributed by atoms with Crippen molar-refractivity contribution in [3.05, 3.63) is 52.5 Å². The van der Waals surface area contributed by atoms with Crippen molar-refractivity contribution in [3.63, 3.8) is 0 Å². The van der Waals surface area contributed by atoms with Crippen molar-refractivity contribution in [2.45, 2.75) is 6.92 Å². The van der Waals surface area contributed by atoms with Crippen molar-refractivity contribution in [2.75, 3.05) is 45.3 Å². The third kappa shape index (κ3) is 5.40. The van der Waals surface area contributed by atoms with Gasteiger partial charge in [-0.25, -0.2) is 0 Å².